The number of nitrogens with zero attached hydrogens (tertiary/aromatic N) is 1. The zero-order chi connectivity index (χ0) is 16.3. The lowest BCUT2D eigenvalue weighted by Gasteiger charge is -2.39. The molecule has 2 rings (SSSR count). The van der Waals surface area contributed by atoms with Crippen LogP contribution < -0.4 is 0 Å². The topological polar surface area (TPSA) is 63.9 Å². The van der Waals surface area contributed by atoms with Gasteiger partial charge in [0.25, 0.3) is 0 Å². The Morgan fingerprint density at radius 2 is 1.91 bits per heavy atom. The first kappa shape index (κ1) is 17.2. The van der Waals surface area contributed by atoms with E-state index in [4.69, 9.17) is 0 Å². The third-order valence-electron chi connectivity index (χ3n) is 4.05. The maximum absolute atomic E-state index is 12.7. The van der Waals surface area contributed by atoms with Gasteiger partial charge in [0, 0.05) is 19.1 Å². The number of hydrogen-bond donors (Lipinski definition) is 3. The van der Waals surface area contributed by atoms with Gasteiger partial charge in [-0.25, -0.2) is 0 Å². The van der Waals surface area contributed by atoms with E-state index in [2.05, 4.69) is 0 Å². The van der Waals surface area contributed by atoms with Crippen LogP contribution in [0.3, 0.4) is 0 Å². The molecule has 0 saturated carbocycles. The molecule has 1 unspecified atom stereocenters. The number of halogens is 3. The van der Waals surface area contributed by atoms with E-state index < -0.39 is 23.9 Å². The van der Waals surface area contributed by atoms with E-state index >= 15 is 0 Å². The van der Waals surface area contributed by atoms with E-state index in [-0.39, 0.29) is 25.6 Å². The van der Waals surface area contributed by atoms with E-state index in [1.165, 1.54) is 6.07 Å². The zero-order valence-corrected chi connectivity index (χ0v) is 12.0. The quantitative estimate of drug-likeness (QED) is 0.776. The highest BCUT2D eigenvalue weighted by Crippen LogP contribution is 2.29. The normalized spacial score (nSPS) is 27.1. The lowest BCUT2D eigenvalue weighted by Crippen LogP contribution is -2.54. The number of aliphatic hydroxyl groups excluding tert-OH is 3. The largest absolute Gasteiger partial charge is 0.416 e. The highest BCUT2D eigenvalue weighted by molar-refractivity contribution is 5.25. The van der Waals surface area contributed by atoms with Crippen LogP contribution in [0.25, 0.3) is 0 Å². The molecule has 22 heavy (non-hydrogen) atoms. The van der Waals surface area contributed by atoms with Gasteiger partial charge < -0.3 is 15.3 Å². The monoisotopic (exact) mass is 319 g/mol. The summed E-state index contributed by atoms with van der Waals surface area (Å²) in [7, 11) is 0. The third kappa shape index (κ3) is 4.19. The molecule has 124 valence electrons. The molecule has 0 radical (unpaired) electrons. The molecule has 1 aromatic carbocycles. The van der Waals surface area contributed by atoms with Crippen molar-refractivity contribution < 1.29 is 28.5 Å². The Morgan fingerprint density at radius 1 is 1.18 bits per heavy atom. The fraction of sp³-hybridized carbons (Fsp3) is 0.600. The van der Waals surface area contributed by atoms with Gasteiger partial charge in [0.05, 0.1) is 24.4 Å². The van der Waals surface area contributed by atoms with Crippen LogP contribution in [0, 0.1) is 0 Å². The fourth-order valence-electron chi connectivity index (χ4n) is 2.74. The van der Waals surface area contributed by atoms with Crippen LogP contribution in [0.1, 0.15) is 17.5 Å². The predicted octanol–water partition coefficient (Wildman–Crippen LogP) is 1.04. The first-order chi connectivity index (χ1) is 10.3. The van der Waals surface area contributed by atoms with Crippen molar-refractivity contribution in [3.8, 4) is 0 Å². The van der Waals surface area contributed by atoms with Gasteiger partial charge in [0.15, 0.2) is 0 Å². The van der Waals surface area contributed by atoms with Crippen molar-refractivity contribution >= 4 is 0 Å². The Labute approximate surface area is 126 Å². The number of aliphatic hydroxyl groups is 3. The van der Waals surface area contributed by atoms with Crippen molar-refractivity contribution in [1.82, 2.24) is 4.90 Å². The third-order valence-corrected chi connectivity index (χ3v) is 4.05. The molecule has 0 aromatic heterocycles. The van der Waals surface area contributed by atoms with Crippen LogP contribution in [0.4, 0.5) is 13.2 Å². The number of alkyl halides is 3. The second-order valence-corrected chi connectivity index (χ2v) is 5.65. The number of rotatable bonds is 4. The molecular weight excluding hydrogens is 299 g/mol. The standard InChI is InChI=1S/C15H20F3NO3/c16-15(17,18)11-3-1-2-10(6-11)4-5-19-8-14(22)13(21)7-12(19)9-20/h1-3,6,12-14,20-22H,4-5,7-9H2/t12-,13?,14+/m1/s1. The van der Waals surface area contributed by atoms with E-state index in [1.54, 1.807) is 11.0 Å². The van der Waals surface area contributed by atoms with Gasteiger partial charge >= 0.3 is 6.18 Å². The number of hydrogen-bond acceptors (Lipinski definition) is 4. The molecule has 0 aliphatic carbocycles. The van der Waals surface area contributed by atoms with E-state index in [1.807, 2.05) is 0 Å². The number of benzene rings is 1. The van der Waals surface area contributed by atoms with Crippen molar-refractivity contribution in [3.05, 3.63) is 35.4 Å². The van der Waals surface area contributed by atoms with Gasteiger partial charge in [-0.3, -0.25) is 4.90 Å². The Kier molecular flexibility index (Phi) is 5.44. The van der Waals surface area contributed by atoms with E-state index in [0.717, 1.165) is 12.1 Å². The molecule has 1 aliphatic rings. The van der Waals surface area contributed by atoms with Crippen molar-refractivity contribution in [2.75, 3.05) is 19.7 Å². The highest BCUT2D eigenvalue weighted by atomic mass is 19.4. The Bertz CT molecular complexity index is 495. The average Bonchev–Trinajstić information content (AvgIpc) is 2.47. The predicted molar refractivity (Wildman–Crippen MR) is 74.2 cm³/mol. The molecule has 3 N–H and O–H groups in total. The summed E-state index contributed by atoms with van der Waals surface area (Å²) in [5, 5.41) is 28.6. The fourth-order valence-corrected chi connectivity index (χ4v) is 2.74. The SMILES string of the molecule is OC[C@H]1CC(O)[C@@H](O)CN1CCc1cccc(C(F)(F)F)c1. The van der Waals surface area contributed by atoms with Crippen LogP contribution >= 0.6 is 0 Å². The second-order valence-electron chi connectivity index (χ2n) is 5.65. The minimum atomic E-state index is -4.37. The van der Waals surface area contributed by atoms with Gasteiger partial charge in [-0.05, 0) is 24.5 Å². The summed E-state index contributed by atoms with van der Waals surface area (Å²) in [6.07, 6.45) is -5.51. The first-order valence-electron chi connectivity index (χ1n) is 7.18. The minimum Gasteiger partial charge on any atom is -0.395 e. The molecule has 1 saturated heterocycles. The molecular formula is C15H20F3NO3. The summed E-state index contributed by atoms with van der Waals surface area (Å²) in [5.41, 5.74) is -0.134. The van der Waals surface area contributed by atoms with Gasteiger partial charge in [0.2, 0.25) is 0 Å². The van der Waals surface area contributed by atoms with Gasteiger partial charge in [-0.2, -0.15) is 13.2 Å². The van der Waals surface area contributed by atoms with Crippen molar-refractivity contribution in [2.45, 2.75) is 37.3 Å². The summed E-state index contributed by atoms with van der Waals surface area (Å²) in [4.78, 5) is 1.80. The van der Waals surface area contributed by atoms with Crippen LogP contribution in [0.15, 0.2) is 24.3 Å². The Morgan fingerprint density at radius 3 is 2.55 bits per heavy atom. The van der Waals surface area contributed by atoms with E-state index in [0.29, 0.717) is 18.5 Å². The van der Waals surface area contributed by atoms with Crippen molar-refractivity contribution in [3.63, 3.8) is 0 Å². The molecule has 4 nitrogen and oxygen atoms in total. The van der Waals surface area contributed by atoms with Crippen LogP contribution in [0.2, 0.25) is 0 Å². The molecule has 0 spiro atoms. The Balaban J connectivity index is 2.00. The summed E-state index contributed by atoms with van der Waals surface area (Å²) < 4.78 is 38.0. The molecule has 7 heteroatoms. The maximum atomic E-state index is 12.7. The van der Waals surface area contributed by atoms with Crippen LogP contribution in [-0.2, 0) is 12.6 Å². The molecule has 3 atom stereocenters. The molecule has 0 amide bonds. The maximum Gasteiger partial charge on any atom is 0.416 e. The molecule has 1 heterocycles. The molecule has 1 aromatic rings. The lowest BCUT2D eigenvalue weighted by atomic mass is 9.97. The van der Waals surface area contributed by atoms with Crippen molar-refractivity contribution in [1.29, 1.82) is 0 Å². The first-order valence-corrected chi connectivity index (χ1v) is 7.18. The summed E-state index contributed by atoms with van der Waals surface area (Å²) >= 11 is 0. The second kappa shape index (κ2) is 6.95. The van der Waals surface area contributed by atoms with Gasteiger partial charge in [0.1, 0.15) is 0 Å². The zero-order valence-electron chi connectivity index (χ0n) is 12.0. The molecule has 0 bridgehead atoms. The lowest BCUT2D eigenvalue weighted by molar-refractivity contribution is -0.137. The summed E-state index contributed by atoms with van der Waals surface area (Å²) in [6.45, 7) is 0.452. The number of β-amino-alcohol motifs (C(OH)–C–C–N with tert-alkyl or cyclic N) is 1. The number of piperidine rings is 1. The van der Waals surface area contributed by atoms with Crippen LogP contribution in [-0.4, -0.2) is 58.2 Å². The minimum absolute atomic E-state index is 0.160. The average molecular weight is 319 g/mol. The highest BCUT2D eigenvalue weighted by Gasteiger charge is 2.33. The van der Waals surface area contributed by atoms with Crippen molar-refractivity contribution in [2.24, 2.45) is 0 Å². The van der Waals surface area contributed by atoms with Gasteiger partial charge in [-0.15, -0.1) is 0 Å². The molecule has 1 fully saturated rings. The molecule has 1 aliphatic heterocycles. The number of likely N-dealkylation sites (tertiary alicyclic amines) is 1. The van der Waals surface area contributed by atoms with E-state index in [9.17, 15) is 28.5 Å². The smallest absolute Gasteiger partial charge is 0.395 e. The summed E-state index contributed by atoms with van der Waals surface area (Å²) in [6, 6.07) is 4.85. The van der Waals surface area contributed by atoms with Gasteiger partial charge in [-0.1, -0.05) is 18.2 Å². The van der Waals surface area contributed by atoms with Crippen LogP contribution in [0.5, 0.6) is 0 Å². The summed E-state index contributed by atoms with van der Waals surface area (Å²) in [5.74, 6) is 0. The Hall–Kier alpha value is -1.15.